The van der Waals surface area contributed by atoms with Crippen LogP contribution in [0, 0.1) is 13.8 Å². The van der Waals surface area contributed by atoms with Gasteiger partial charge >= 0.3 is 0 Å². The lowest BCUT2D eigenvalue weighted by Crippen LogP contribution is -2.58. The minimum absolute atomic E-state index is 0.00716. The van der Waals surface area contributed by atoms with Gasteiger partial charge in [-0.3, -0.25) is 9.78 Å². The molecule has 1 amide bonds. The number of pyridine rings is 1. The summed E-state index contributed by atoms with van der Waals surface area (Å²) in [4.78, 5) is 19.2. The summed E-state index contributed by atoms with van der Waals surface area (Å²) in [5, 5.41) is 8.96. The largest absolute Gasteiger partial charge is 0.397 e. The Morgan fingerprint density at radius 1 is 1.28 bits per heavy atom. The zero-order chi connectivity index (χ0) is 17.8. The van der Waals surface area contributed by atoms with Crippen LogP contribution in [0.3, 0.4) is 0 Å². The number of thiophene rings is 1. The highest BCUT2D eigenvalue weighted by Crippen LogP contribution is 2.40. The average Bonchev–Trinajstić information content (AvgIpc) is 2.93. The monoisotopic (exact) mass is 357 g/mol. The van der Waals surface area contributed by atoms with Crippen LogP contribution in [0.1, 0.15) is 26.5 Å². The van der Waals surface area contributed by atoms with Crippen molar-refractivity contribution in [2.45, 2.75) is 19.5 Å². The molecule has 3 aromatic rings. The van der Waals surface area contributed by atoms with E-state index in [4.69, 9.17) is 5.73 Å². The lowest BCUT2D eigenvalue weighted by molar-refractivity contribution is -0.0228. The highest BCUT2D eigenvalue weighted by molar-refractivity contribution is 7.21. The van der Waals surface area contributed by atoms with Gasteiger partial charge in [-0.25, -0.2) is 4.39 Å². The summed E-state index contributed by atoms with van der Waals surface area (Å²) in [7, 11) is 0. The molecule has 0 bridgehead atoms. The van der Waals surface area contributed by atoms with Crippen LogP contribution in [-0.4, -0.2) is 39.1 Å². The van der Waals surface area contributed by atoms with E-state index in [1.165, 1.54) is 16.2 Å². The van der Waals surface area contributed by atoms with Gasteiger partial charge in [-0.1, -0.05) is 0 Å². The molecule has 1 aliphatic rings. The van der Waals surface area contributed by atoms with Crippen LogP contribution in [0.25, 0.3) is 10.2 Å². The number of anilines is 1. The molecule has 0 unspecified atom stereocenters. The molecule has 1 aliphatic heterocycles. The highest BCUT2D eigenvalue weighted by Gasteiger charge is 2.48. The quantitative estimate of drug-likeness (QED) is 0.762. The molecule has 25 heavy (non-hydrogen) atoms. The van der Waals surface area contributed by atoms with Crippen LogP contribution in [0.15, 0.2) is 24.5 Å². The van der Waals surface area contributed by atoms with Crippen molar-refractivity contribution in [2.24, 2.45) is 0 Å². The van der Waals surface area contributed by atoms with Crippen molar-refractivity contribution < 1.29 is 9.18 Å². The maximum atomic E-state index is 14.9. The highest BCUT2D eigenvalue weighted by atomic mass is 32.1. The second-order valence-electron chi connectivity index (χ2n) is 6.30. The number of alkyl halides is 1. The van der Waals surface area contributed by atoms with Crippen molar-refractivity contribution in [2.75, 3.05) is 18.8 Å². The number of aryl methyl sites for hydroxylation is 2. The summed E-state index contributed by atoms with van der Waals surface area (Å²) < 4.78 is 14.9. The number of hydrogen-bond acceptors (Lipinski definition) is 6. The fourth-order valence-corrected chi connectivity index (χ4v) is 4.15. The van der Waals surface area contributed by atoms with Crippen molar-refractivity contribution in [1.29, 1.82) is 0 Å². The van der Waals surface area contributed by atoms with Gasteiger partial charge in [-0.05, 0) is 37.1 Å². The molecule has 0 spiro atoms. The summed E-state index contributed by atoms with van der Waals surface area (Å²) in [5.41, 5.74) is 7.30. The van der Waals surface area contributed by atoms with Crippen molar-refractivity contribution in [3.8, 4) is 0 Å². The average molecular weight is 357 g/mol. The summed E-state index contributed by atoms with van der Waals surface area (Å²) in [6.45, 7) is 3.77. The minimum atomic E-state index is -1.53. The first-order valence-electron chi connectivity index (χ1n) is 7.81. The summed E-state index contributed by atoms with van der Waals surface area (Å²) in [5.74, 6) is -0.264. The summed E-state index contributed by atoms with van der Waals surface area (Å²) in [6.07, 6.45) is 3.10. The van der Waals surface area contributed by atoms with Crippen LogP contribution in [0.2, 0.25) is 0 Å². The van der Waals surface area contributed by atoms with Crippen molar-refractivity contribution in [3.05, 3.63) is 46.2 Å². The summed E-state index contributed by atoms with van der Waals surface area (Å²) in [6, 6.07) is 3.27. The molecule has 0 radical (unpaired) electrons. The Morgan fingerprint density at radius 3 is 2.64 bits per heavy atom. The van der Waals surface area contributed by atoms with Crippen LogP contribution in [0.4, 0.5) is 10.1 Å². The number of carbonyl (C=O) groups is 1. The first kappa shape index (κ1) is 15.9. The number of nitrogen functional groups attached to an aromatic ring is 1. The zero-order valence-corrected chi connectivity index (χ0v) is 14.6. The number of nitrogens with two attached hydrogens (primary N) is 1. The van der Waals surface area contributed by atoms with E-state index in [0.29, 0.717) is 21.0 Å². The lowest BCUT2D eigenvalue weighted by atomic mass is 9.88. The molecule has 4 rings (SSSR count). The molecule has 128 valence electrons. The Balaban J connectivity index is 1.62. The Morgan fingerprint density at radius 2 is 1.96 bits per heavy atom. The topological polar surface area (TPSA) is 85.0 Å². The number of nitrogens with zero attached hydrogens (tertiary/aromatic N) is 4. The van der Waals surface area contributed by atoms with Crippen LogP contribution in [0.5, 0.6) is 0 Å². The number of likely N-dealkylation sites (tertiary alicyclic amines) is 1. The Kier molecular flexibility index (Phi) is 3.47. The Bertz CT molecular complexity index is 982. The van der Waals surface area contributed by atoms with Gasteiger partial charge < -0.3 is 10.6 Å². The number of hydrogen-bond donors (Lipinski definition) is 1. The first-order valence-corrected chi connectivity index (χ1v) is 8.63. The molecule has 1 saturated heterocycles. The second kappa shape index (κ2) is 5.45. The third kappa shape index (κ3) is 2.36. The van der Waals surface area contributed by atoms with E-state index in [1.807, 2.05) is 13.8 Å². The van der Waals surface area contributed by atoms with Gasteiger partial charge in [0.15, 0.2) is 5.67 Å². The van der Waals surface area contributed by atoms with E-state index in [9.17, 15) is 9.18 Å². The molecule has 0 saturated carbocycles. The smallest absolute Gasteiger partial charge is 0.266 e. The van der Waals surface area contributed by atoms with Crippen molar-refractivity contribution in [1.82, 2.24) is 20.1 Å². The number of rotatable bonds is 2. The Labute approximate surface area is 147 Å². The summed E-state index contributed by atoms with van der Waals surface area (Å²) >= 11 is 1.21. The molecule has 6 nitrogen and oxygen atoms in total. The second-order valence-corrected chi connectivity index (χ2v) is 7.30. The maximum Gasteiger partial charge on any atom is 0.266 e. The van der Waals surface area contributed by atoms with Crippen LogP contribution in [-0.2, 0) is 5.67 Å². The van der Waals surface area contributed by atoms with Gasteiger partial charge in [0.2, 0.25) is 0 Å². The Hall–Kier alpha value is -2.61. The van der Waals surface area contributed by atoms with E-state index >= 15 is 0 Å². The standard InChI is InChI=1S/C17H16FN5OS/c1-9-10(2)21-22-15-12(9)13(19)14(25-15)16(24)23-7-17(18,8-23)11-3-5-20-6-4-11/h3-6H,7-8,19H2,1-2H3. The molecule has 0 aromatic carbocycles. The van der Waals surface area contributed by atoms with Crippen molar-refractivity contribution in [3.63, 3.8) is 0 Å². The molecule has 4 heterocycles. The van der Waals surface area contributed by atoms with Gasteiger partial charge in [0.1, 0.15) is 9.71 Å². The fraction of sp³-hybridized carbons (Fsp3) is 0.294. The van der Waals surface area contributed by atoms with E-state index in [1.54, 1.807) is 24.5 Å². The molecule has 0 atom stereocenters. The molecule has 1 fully saturated rings. The lowest BCUT2D eigenvalue weighted by Gasteiger charge is -2.44. The molecule has 8 heteroatoms. The molecule has 2 N–H and O–H groups in total. The van der Waals surface area contributed by atoms with Crippen molar-refractivity contribution >= 4 is 33.1 Å². The third-order valence-electron chi connectivity index (χ3n) is 4.70. The number of aromatic nitrogens is 3. The molecule has 3 aromatic heterocycles. The number of halogens is 1. The van der Waals surface area contributed by atoms with Crippen LogP contribution >= 0.6 is 11.3 Å². The molecule has 0 aliphatic carbocycles. The number of carbonyl (C=O) groups excluding carboxylic acids is 1. The van der Waals surface area contributed by atoms with Gasteiger partial charge in [0.05, 0.1) is 24.5 Å². The number of fused-ring (bicyclic) bond motifs is 1. The number of amides is 1. The minimum Gasteiger partial charge on any atom is -0.397 e. The normalized spacial score (nSPS) is 16.0. The van der Waals surface area contributed by atoms with Gasteiger partial charge in [-0.2, -0.15) is 5.10 Å². The molecular formula is C17H16FN5OS. The van der Waals surface area contributed by atoms with E-state index < -0.39 is 5.67 Å². The molecular weight excluding hydrogens is 341 g/mol. The zero-order valence-electron chi connectivity index (χ0n) is 13.8. The van der Waals surface area contributed by atoms with Gasteiger partial charge in [0.25, 0.3) is 5.91 Å². The predicted octanol–water partition coefficient (Wildman–Crippen LogP) is 2.61. The maximum absolute atomic E-state index is 14.9. The first-order chi connectivity index (χ1) is 11.9. The van der Waals surface area contributed by atoms with Gasteiger partial charge in [0, 0.05) is 17.8 Å². The van der Waals surface area contributed by atoms with Crippen LogP contribution < -0.4 is 5.73 Å². The predicted molar refractivity (Wildman–Crippen MR) is 94.2 cm³/mol. The van der Waals surface area contributed by atoms with E-state index in [0.717, 1.165) is 16.6 Å². The SMILES string of the molecule is Cc1nnc2sc(C(=O)N3CC(F)(c4ccncc4)C3)c(N)c2c1C. The van der Waals surface area contributed by atoms with E-state index in [-0.39, 0.29) is 19.0 Å². The third-order valence-corrected chi connectivity index (χ3v) is 5.77. The fourth-order valence-electron chi connectivity index (χ4n) is 3.08. The van der Waals surface area contributed by atoms with E-state index in [2.05, 4.69) is 15.2 Å². The van der Waals surface area contributed by atoms with Gasteiger partial charge in [-0.15, -0.1) is 16.4 Å².